The van der Waals surface area contributed by atoms with E-state index in [-0.39, 0.29) is 16.3 Å². The molecule has 0 saturated heterocycles. The highest BCUT2D eigenvalue weighted by Gasteiger charge is 2.42. The van der Waals surface area contributed by atoms with Gasteiger partial charge >= 0.3 is 6.03 Å². The molecule has 2 aromatic rings. The average Bonchev–Trinajstić information content (AvgIpc) is 2.53. The summed E-state index contributed by atoms with van der Waals surface area (Å²) in [6.07, 6.45) is 0. The molecule has 0 fully saturated rings. The number of carbonyl (C=O) groups excluding carboxylic acids is 2. The maximum absolute atomic E-state index is 12.9. The zero-order chi connectivity index (χ0) is 17.5. The molecule has 9 heteroatoms. The molecule has 0 radical (unpaired) electrons. The fourth-order valence-electron chi connectivity index (χ4n) is 2.45. The van der Waals surface area contributed by atoms with E-state index in [1.807, 2.05) is 0 Å². The molecule has 0 atom stereocenters. The first kappa shape index (κ1) is 16.3. The van der Waals surface area contributed by atoms with E-state index >= 15 is 0 Å². The molecule has 0 saturated carbocycles. The van der Waals surface area contributed by atoms with Crippen molar-refractivity contribution in [2.75, 3.05) is 15.7 Å². The van der Waals surface area contributed by atoms with Gasteiger partial charge in [0.05, 0.1) is 11.4 Å². The molecule has 2 N–H and O–H groups in total. The van der Waals surface area contributed by atoms with Gasteiger partial charge in [-0.1, -0.05) is 23.7 Å². The van der Waals surface area contributed by atoms with Gasteiger partial charge in [-0.2, -0.15) is 4.31 Å². The van der Waals surface area contributed by atoms with Gasteiger partial charge in [-0.05, 0) is 36.4 Å². The van der Waals surface area contributed by atoms with Crippen LogP contribution in [-0.2, 0) is 14.8 Å². The van der Waals surface area contributed by atoms with Gasteiger partial charge in [-0.15, -0.1) is 0 Å². The first-order valence-electron chi connectivity index (χ1n) is 6.82. The second-order valence-electron chi connectivity index (χ2n) is 5.05. The predicted molar refractivity (Wildman–Crippen MR) is 89.5 cm³/mol. The Morgan fingerprint density at radius 2 is 1.71 bits per heavy atom. The molecule has 0 aliphatic carbocycles. The smallest absolute Gasteiger partial charge is 0.343 e. The van der Waals surface area contributed by atoms with Gasteiger partial charge in [0.2, 0.25) is 5.91 Å². The molecule has 3 rings (SSSR count). The summed E-state index contributed by atoms with van der Waals surface area (Å²) in [7, 11) is -4.12. The molecule has 1 heterocycles. The topological polar surface area (TPSA) is 101 Å². The van der Waals surface area contributed by atoms with E-state index in [0.717, 1.165) is 4.90 Å². The van der Waals surface area contributed by atoms with Crippen LogP contribution in [-0.4, -0.2) is 26.9 Å². The van der Waals surface area contributed by atoms with E-state index in [0.29, 0.717) is 9.33 Å². The molecule has 0 bridgehead atoms. The Morgan fingerprint density at radius 3 is 2.33 bits per heavy atom. The molecule has 2 aromatic carbocycles. The summed E-state index contributed by atoms with van der Waals surface area (Å²) in [5.74, 6) is -0.756. The first-order chi connectivity index (χ1) is 11.3. The number of anilines is 2. The van der Waals surface area contributed by atoms with Crippen molar-refractivity contribution in [1.82, 2.24) is 0 Å². The predicted octanol–water partition coefficient (Wildman–Crippen LogP) is 1.96. The number of halogens is 1. The highest BCUT2D eigenvalue weighted by atomic mass is 35.5. The van der Waals surface area contributed by atoms with E-state index in [4.69, 9.17) is 17.3 Å². The second-order valence-corrected chi connectivity index (χ2v) is 7.24. The van der Waals surface area contributed by atoms with Crippen LogP contribution in [0.2, 0.25) is 5.02 Å². The van der Waals surface area contributed by atoms with Gasteiger partial charge in [0.25, 0.3) is 10.0 Å². The zero-order valence-corrected chi connectivity index (χ0v) is 13.8. The number of primary amides is 1. The van der Waals surface area contributed by atoms with E-state index in [2.05, 4.69) is 0 Å². The fraction of sp³-hybridized carbons (Fsp3) is 0.0667. The number of benzene rings is 2. The van der Waals surface area contributed by atoms with Gasteiger partial charge in [0, 0.05) is 5.02 Å². The van der Waals surface area contributed by atoms with Crippen LogP contribution in [0.15, 0.2) is 53.4 Å². The summed E-state index contributed by atoms with van der Waals surface area (Å²) in [5, 5.41) is 0.398. The van der Waals surface area contributed by atoms with E-state index in [1.165, 1.54) is 42.5 Å². The van der Waals surface area contributed by atoms with Crippen LogP contribution in [0.25, 0.3) is 0 Å². The lowest BCUT2D eigenvalue weighted by atomic mass is 10.2. The summed E-state index contributed by atoms with van der Waals surface area (Å²) in [6.45, 7) is -0.435. The Bertz CT molecular complexity index is 928. The van der Waals surface area contributed by atoms with Gasteiger partial charge in [0.15, 0.2) is 0 Å². The van der Waals surface area contributed by atoms with E-state index in [9.17, 15) is 18.0 Å². The van der Waals surface area contributed by atoms with Crippen molar-refractivity contribution in [3.63, 3.8) is 0 Å². The molecule has 24 heavy (non-hydrogen) atoms. The van der Waals surface area contributed by atoms with Crippen LogP contribution < -0.4 is 14.9 Å². The van der Waals surface area contributed by atoms with Crippen molar-refractivity contribution >= 4 is 44.9 Å². The lowest BCUT2D eigenvalue weighted by Crippen LogP contribution is -2.53. The second kappa shape index (κ2) is 5.81. The van der Waals surface area contributed by atoms with Crippen LogP contribution in [0.4, 0.5) is 16.2 Å². The first-order valence-corrected chi connectivity index (χ1v) is 8.64. The zero-order valence-electron chi connectivity index (χ0n) is 12.2. The third kappa shape index (κ3) is 2.59. The number of fused-ring (bicyclic) bond motifs is 1. The van der Waals surface area contributed by atoms with Crippen LogP contribution in [0, 0.1) is 0 Å². The monoisotopic (exact) mass is 365 g/mol. The maximum atomic E-state index is 12.9. The minimum atomic E-state index is -4.12. The standard InChI is InChI=1S/C15H12ClN3O4S/c16-10-5-7-11(8-6-10)19-15(21)18(9-14(17)20)12-3-1-2-4-13(12)24(19,22)23/h1-8H,9H2,(H2,17,20). The number of sulfonamides is 1. The number of hydrogen-bond acceptors (Lipinski definition) is 4. The normalized spacial score (nSPS) is 16.0. The largest absolute Gasteiger partial charge is 0.368 e. The van der Waals surface area contributed by atoms with Gasteiger partial charge in [-0.3, -0.25) is 9.69 Å². The SMILES string of the molecule is NC(=O)CN1C(=O)N(c2ccc(Cl)cc2)S(=O)(=O)c2ccccc21. The van der Waals surface area contributed by atoms with E-state index in [1.54, 1.807) is 6.07 Å². The van der Waals surface area contributed by atoms with Crippen LogP contribution in [0.3, 0.4) is 0 Å². The molecular weight excluding hydrogens is 354 g/mol. The summed E-state index contributed by atoms with van der Waals surface area (Å²) in [4.78, 5) is 25.0. The van der Waals surface area contributed by atoms with Crippen LogP contribution in [0.5, 0.6) is 0 Å². The lowest BCUT2D eigenvalue weighted by molar-refractivity contribution is -0.116. The van der Waals surface area contributed by atoms with Crippen molar-refractivity contribution in [2.24, 2.45) is 5.73 Å². The number of carbonyl (C=O) groups is 2. The molecule has 3 amide bonds. The van der Waals surface area contributed by atoms with Gasteiger partial charge in [-0.25, -0.2) is 13.2 Å². The highest BCUT2D eigenvalue weighted by molar-refractivity contribution is 7.94. The Morgan fingerprint density at radius 1 is 1.08 bits per heavy atom. The highest BCUT2D eigenvalue weighted by Crippen LogP contribution is 2.37. The molecule has 7 nitrogen and oxygen atoms in total. The minimum absolute atomic E-state index is 0.0826. The Hall–Kier alpha value is -2.58. The molecular formula is C15H12ClN3O4S. The van der Waals surface area contributed by atoms with Crippen molar-refractivity contribution in [1.29, 1.82) is 0 Å². The minimum Gasteiger partial charge on any atom is -0.368 e. The van der Waals surface area contributed by atoms with Gasteiger partial charge in [0.1, 0.15) is 11.4 Å². The molecule has 1 aliphatic heterocycles. The third-order valence-electron chi connectivity index (χ3n) is 3.45. The molecule has 0 unspecified atom stereocenters. The van der Waals surface area contributed by atoms with Crippen LogP contribution >= 0.6 is 11.6 Å². The molecule has 124 valence electrons. The molecule has 0 spiro atoms. The lowest BCUT2D eigenvalue weighted by Gasteiger charge is -2.35. The Kier molecular flexibility index (Phi) is 3.94. The fourth-order valence-corrected chi connectivity index (χ4v) is 4.17. The Labute approximate surface area is 143 Å². The number of para-hydroxylation sites is 1. The summed E-state index contributed by atoms with van der Waals surface area (Å²) < 4.78 is 26.4. The van der Waals surface area contributed by atoms with Crippen LogP contribution in [0.1, 0.15) is 0 Å². The van der Waals surface area contributed by atoms with Crippen molar-refractivity contribution in [3.8, 4) is 0 Å². The summed E-state index contributed by atoms with van der Waals surface area (Å²) >= 11 is 5.81. The number of nitrogens with two attached hydrogens (primary N) is 1. The maximum Gasteiger partial charge on any atom is 0.343 e. The number of rotatable bonds is 3. The molecule has 0 aromatic heterocycles. The number of urea groups is 1. The summed E-state index contributed by atoms with van der Waals surface area (Å²) in [5.41, 5.74) is 5.43. The summed E-state index contributed by atoms with van der Waals surface area (Å²) in [6, 6.07) is 10.8. The quantitative estimate of drug-likeness (QED) is 0.898. The average molecular weight is 366 g/mol. The number of nitrogens with zero attached hydrogens (tertiary/aromatic N) is 2. The number of hydrogen-bond donors (Lipinski definition) is 1. The Balaban J connectivity index is 2.22. The van der Waals surface area contributed by atoms with Gasteiger partial charge < -0.3 is 5.73 Å². The third-order valence-corrected chi connectivity index (χ3v) is 5.45. The number of amides is 3. The van der Waals surface area contributed by atoms with E-state index < -0.39 is 28.5 Å². The van der Waals surface area contributed by atoms with Crippen molar-refractivity contribution < 1.29 is 18.0 Å². The van der Waals surface area contributed by atoms with Crippen molar-refractivity contribution in [3.05, 3.63) is 53.6 Å². The van der Waals surface area contributed by atoms with Crippen molar-refractivity contribution in [2.45, 2.75) is 4.90 Å². The molecule has 1 aliphatic rings.